The Hall–Kier alpha value is -1.75. The minimum Gasteiger partial charge on any atom is -0.508 e. The van der Waals surface area contributed by atoms with Crippen LogP contribution < -0.4 is 0 Å². The first-order valence-corrected chi connectivity index (χ1v) is 5.55. The molecule has 17 heavy (non-hydrogen) atoms. The van der Waals surface area contributed by atoms with E-state index in [4.69, 9.17) is 4.74 Å². The molecule has 0 radical (unpaired) electrons. The zero-order valence-corrected chi connectivity index (χ0v) is 9.71. The Morgan fingerprint density at radius 2 is 2.06 bits per heavy atom. The van der Waals surface area contributed by atoms with Crippen LogP contribution in [0, 0.1) is 0 Å². The largest absolute Gasteiger partial charge is 0.508 e. The molecule has 1 aromatic rings. The first-order chi connectivity index (χ1) is 8.24. The van der Waals surface area contributed by atoms with Crippen LogP contribution in [0.4, 0.5) is 0 Å². The first kappa shape index (κ1) is 11.7. The minimum absolute atomic E-state index is 0.254. The Morgan fingerprint density at radius 3 is 2.65 bits per heavy atom. The van der Waals surface area contributed by atoms with Gasteiger partial charge in [-0.15, -0.1) is 5.11 Å². The van der Waals surface area contributed by atoms with Crippen LogP contribution in [0.3, 0.4) is 0 Å². The number of rotatable bonds is 5. The van der Waals surface area contributed by atoms with Gasteiger partial charge in [0, 0.05) is 13.0 Å². The Kier molecular flexibility index (Phi) is 3.49. The van der Waals surface area contributed by atoms with Gasteiger partial charge in [0.1, 0.15) is 12.1 Å². The SMILES string of the molecule is CCOCC1(Cc2ccc(O)cc2)N=CN=N1. The summed E-state index contributed by atoms with van der Waals surface area (Å²) in [5, 5.41) is 17.2. The van der Waals surface area contributed by atoms with Crippen molar-refractivity contribution in [3.05, 3.63) is 29.8 Å². The summed E-state index contributed by atoms with van der Waals surface area (Å²) in [5.41, 5.74) is 0.410. The second-order valence-corrected chi connectivity index (χ2v) is 3.92. The van der Waals surface area contributed by atoms with E-state index < -0.39 is 5.66 Å². The summed E-state index contributed by atoms with van der Waals surface area (Å²) in [6.45, 7) is 2.98. The zero-order valence-electron chi connectivity index (χ0n) is 9.71. The fourth-order valence-corrected chi connectivity index (χ4v) is 1.70. The lowest BCUT2D eigenvalue weighted by atomic mass is 10.0. The number of phenolic OH excluding ortho intramolecular Hbond substituents is 1. The molecular weight excluding hydrogens is 218 g/mol. The summed E-state index contributed by atoms with van der Waals surface area (Å²) in [6.07, 6.45) is 2.08. The molecule has 0 bridgehead atoms. The van der Waals surface area contributed by atoms with E-state index >= 15 is 0 Å². The van der Waals surface area contributed by atoms with Gasteiger partial charge < -0.3 is 9.84 Å². The zero-order chi connectivity index (χ0) is 12.1. The maximum atomic E-state index is 9.23. The average molecular weight is 233 g/mol. The molecule has 0 fully saturated rings. The summed E-state index contributed by atoms with van der Waals surface area (Å²) >= 11 is 0. The van der Waals surface area contributed by atoms with E-state index in [2.05, 4.69) is 15.2 Å². The van der Waals surface area contributed by atoms with Crippen LogP contribution >= 0.6 is 0 Å². The lowest BCUT2D eigenvalue weighted by Gasteiger charge is -2.21. The third-order valence-corrected chi connectivity index (χ3v) is 2.55. The van der Waals surface area contributed by atoms with Crippen LogP contribution in [0.1, 0.15) is 12.5 Å². The smallest absolute Gasteiger partial charge is 0.199 e. The van der Waals surface area contributed by atoms with E-state index in [1.165, 1.54) is 6.34 Å². The molecule has 0 aromatic heterocycles. The number of azo groups is 1. The molecular formula is C12H15N3O2. The van der Waals surface area contributed by atoms with Crippen LogP contribution in [0.5, 0.6) is 5.75 Å². The molecule has 0 spiro atoms. The third-order valence-electron chi connectivity index (χ3n) is 2.55. The Bertz CT molecular complexity index is 414. The molecule has 1 aromatic carbocycles. The molecule has 1 heterocycles. The van der Waals surface area contributed by atoms with Crippen LogP contribution in [0.2, 0.25) is 0 Å². The molecule has 0 amide bonds. The molecule has 90 valence electrons. The van der Waals surface area contributed by atoms with Crippen molar-refractivity contribution >= 4 is 6.34 Å². The molecule has 1 N–H and O–H groups in total. The number of aromatic hydroxyl groups is 1. The number of nitrogens with zero attached hydrogens (tertiary/aromatic N) is 3. The lowest BCUT2D eigenvalue weighted by Crippen LogP contribution is -2.31. The predicted molar refractivity (Wildman–Crippen MR) is 64.4 cm³/mol. The summed E-state index contributed by atoms with van der Waals surface area (Å²) in [5.74, 6) is 0.254. The van der Waals surface area contributed by atoms with Crippen molar-refractivity contribution in [1.29, 1.82) is 0 Å². The van der Waals surface area contributed by atoms with E-state index in [0.29, 0.717) is 19.6 Å². The standard InChI is InChI=1S/C12H15N3O2/c1-2-17-8-12(13-9-14-15-12)7-10-3-5-11(16)6-4-10/h3-6,9,16H,2,7-8H2,1H3. The Balaban J connectivity index is 2.10. The second-order valence-electron chi connectivity index (χ2n) is 3.92. The molecule has 0 aliphatic carbocycles. The number of aliphatic imine (C=N–C) groups is 1. The highest BCUT2D eigenvalue weighted by Crippen LogP contribution is 2.24. The van der Waals surface area contributed by atoms with Gasteiger partial charge in [0.05, 0.1) is 6.61 Å². The highest BCUT2D eigenvalue weighted by Gasteiger charge is 2.31. The average Bonchev–Trinajstić information content (AvgIpc) is 2.79. The van der Waals surface area contributed by atoms with E-state index in [-0.39, 0.29) is 5.75 Å². The summed E-state index contributed by atoms with van der Waals surface area (Å²) in [6, 6.07) is 7.01. The summed E-state index contributed by atoms with van der Waals surface area (Å²) in [4.78, 5) is 4.28. The molecule has 1 atom stereocenters. The Labute approximate surface area is 99.9 Å². The molecule has 2 rings (SSSR count). The van der Waals surface area contributed by atoms with Gasteiger partial charge in [-0.3, -0.25) is 0 Å². The monoisotopic (exact) mass is 233 g/mol. The van der Waals surface area contributed by atoms with E-state index in [1.807, 2.05) is 19.1 Å². The van der Waals surface area contributed by atoms with Crippen molar-refractivity contribution in [3.8, 4) is 5.75 Å². The number of phenols is 1. The van der Waals surface area contributed by atoms with Crippen LogP contribution in [0.25, 0.3) is 0 Å². The normalized spacial score (nSPS) is 22.2. The fraction of sp³-hybridized carbons (Fsp3) is 0.417. The highest BCUT2D eigenvalue weighted by molar-refractivity contribution is 5.57. The molecule has 0 saturated heterocycles. The molecule has 5 heteroatoms. The van der Waals surface area contributed by atoms with Gasteiger partial charge in [0.2, 0.25) is 0 Å². The van der Waals surface area contributed by atoms with Crippen LogP contribution in [-0.4, -0.2) is 30.3 Å². The molecule has 1 unspecified atom stereocenters. The van der Waals surface area contributed by atoms with Crippen molar-refractivity contribution in [1.82, 2.24) is 0 Å². The van der Waals surface area contributed by atoms with Crippen LogP contribution in [0.15, 0.2) is 39.5 Å². The number of ether oxygens (including phenoxy) is 1. The number of benzene rings is 1. The fourth-order valence-electron chi connectivity index (χ4n) is 1.70. The van der Waals surface area contributed by atoms with Crippen molar-refractivity contribution in [2.75, 3.05) is 13.2 Å². The summed E-state index contributed by atoms with van der Waals surface area (Å²) < 4.78 is 5.40. The third kappa shape index (κ3) is 2.88. The van der Waals surface area contributed by atoms with Crippen LogP contribution in [-0.2, 0) is 11.2 Å². The van der Waals surface area contributed by atoms with Gasteiger partial charge >= 0.3 is 0 Å². The molecule has 5 nitrogen and oxygen atoms in total. The van der Waals surface area contributed by atoms with Crippen molar-refractivity contribution in [3.63, 3.8) is 0 Å². The quantitative estimate of drug-likeness (QED) is 0.846. The van der Waals surface area contributed by atoms with Crippen molar-refractivity contribution < 1.29 is 9.84 Å². The van der Waals surface area contributed by atoms with Crippen molar-refractivity contribution in [2.45, 2.75) is 19.0 Å². The summed E-state index contributed by atoms with van der Waals surface area (Å²) in [7, 11) is 0. The molecule has 0 saturated carbocycles. The highest BCUT2D eigenvalue weighted by atomic mass is 16.5. The number of hydrogen-bond acceptors (Lipinski definition) is 5. The molecule has 1 aliphatic rings. The first-order valence-electron chi connectivity index (χ1n) is 5.55. The van der Waals surface area contributed by atoms with E-state index in [9.17, 15) is 5.11 Å². The van der Waals surface area contributed by atoms with Gasteiger partial charge in [0.15, 0.2) is 5.66 Å². The molecule has 1 aliphatic heterocycles. The topological polar surface area (TPSA) is 66.5 Å². The predicted octanol–water partition coefficient (Wildman–Crippen LogP) is 2.16. The van der Waals surface area contributed by atoms with Crippen molar-refractivity contribution in [2.24, 2.45) is 15.2 Å². The van der Waals surface area contributed by atoms with Gasteiger partial charge in [-0.1, -0.05) is 12.1 Å². The minimum atomic E-state index is -0.632. The lowest BCUT2D eigenvalue weighted by molar-refractivity contribution is 0.0982. The number of hydrogen-bond donors (Lipinski definition) is 1. The maximum absolute atomic E-state index is 9.23. The van der Waals surface area contributed by atoms with Gasteiger partial charge in [0.25, 0.3) is 0 Å². The van der Waals surface area contributed by atoms with Gasteiger partial charge in [-0.25, -0.2) is 4.99 Å². The van der Waals surface area contributed by atoms with Gasteiger partial charge in [-0.05, 0) is 24.6 Å². The Morgan fingerprint density at radius 1 is 1.29 bits per heavy atom. The maximum Gasteiger partial charge on any atom is 0.199 e. The second kappa shape index (κ2) is 5.05. The van der Waals surface area contributed by atoms with Gasteiger partial charge in [-0.2, -0.15) is 5.11 Å². The van der Waals surface area contributed by atoms with E-state index in [1.54, 1.807) is 12.1 Å². The van der Waals surface area contributed by atoms with E-state index in [0.717, 1.165) is 5.56 Å².